The SMILES string of the molecule is CC(C)(C)CCN1C(=O)C(CC(=O)N2CCC(N3CCc4ccccc4NC3=O)CC2)SC1c1cccc(F)c1N1CCN(C(C)(C)C)CC1.[HH]. The van der Waals surface area contributed by atoms with E-state index >= 15 is 4.39 Å². The lowest BCUT2D eigenvalue weighted by atomic mass is 9.92. The van der Waals surface area contributed by atoms with Crippen molar-refractivity contribution in [1.82, 2.24) is 19.6 Å². The molecule has 4 aliphatic heterocycles. The highest BCUT2D eigenvalue weighted by molar-refractivity contribution is 8.01. The predicted octanol–water partition coefficient (Wildman–Crippen LogP) is 6.84. The van der Waals surface area contributed by atoms with E-state index in [0.717, 1.165) is 42.7 Å². The van der Waals surface area contributed by atoms with E-state index in [2.05, 4.69) is 62.7 Å². The summed E-state index contributed by atoms with van der Waals surface area (Å²) in [7, 11) is 0. The summed E-state index contributed by atoms with van der Waals surface area (Å²) in [6.45, 7) is 18.5. The lowest BCUT2D eigenvalue weighted by molar-refractivity contribution is -0.137. The Balaban J connectivity index is 0.00000504. The molecule has 0 aliphatic carbocycles. The third-order valence-electron chi connectivity index (χ3n) is 10.8. The second-order valence-electron chi connectivity index (χ2n) is 16.5. The molecule has 3 fully saturated rings. The van der Waals surface area contributed by atoms with Crippen molar-refractivity contribution >= 4 is 41.0 Å². The molecule has 0 bridgehead atoms. The monoisotopic (exact) mass is 708 g/mol. The number of nitrogens with zero attached hydrogens (tertiary/aromatic N) is 5. The average Bonchev–Trinajstić information content (AvgIpc) is 3.26. The number of piperazine rings is 1. The summed E-state index contributed by atoms with van der Waals surface area (Å²) in [4.78, 5) is 51.3. The summed E-state index contributed by atoms with van der Waals surface area (Å²) in [5.74, 6) is -0.336. The van der Waals surface area contributed by atoms with Crippen LogP contribution in [0, 0.1) is 11.2 Å². The minimum Gasteiger partial charge on any atom is -0.366 e. The Labute approximate surface area is 303 Å². The molecule has 6 rings (SSSR count). The van der Waals surface area contributed by atoms with Gasteiger partial charge in [-0.2, -0.15) is 0 Å². The molecule has 9 nitrogen and oxygen atoms in total. The molecule has 274 valence electrons. The fourth-order valence-corrected chi connectivity index (χ4v) is 9.26. The highest BCUT2D eigenvalue weighted by atomic mass is 32.2. The van der Waals surface area contributed by atoms with Gasteiger partial charge in [0.1, 0.15) is 11.2 Å². The fraction of sp³-hybridized carbons (Fsp3) is 0.615. The van der Waals surface area contributed by atoms with Crippen LogP contribution in [0.4, 0.5) is 20.6 Å². The van der Waals surface area contributed by atoms with Gasteiger partial charge in [0, 0.05) is 83.0 Å². The molecule has 1 N–H and O–H groups in total. The molecule has 11 heteroatoms. The molecule has 2 aromatic rings. The predicted molar refractivity (Wildman–Crippen MR) is 202 cm³/mol. The summed E-state index contributed by atoms with van der Waals surface area (Å²) in [5, 5.41) is 2.16. The van der Waals surface area contributed by atoms with Gasteiger partial charge in [0.25, 0.3) is 0 Å². The number of thioether (sulfide) groups is 1. The van der Waals surface area contributed by atoms with Crippen LogP contribution in [0.2, 0.25) is 0 Å². The van der Waals surface area contributed by atoms with Gasteiger partial charge < -0.3 is 24.9 Å². The van der Waals surface area contributed by atoms with Crippen LogP contribution in [0.3, 0.4) is 0 Å². The number of hydrogen-bond acceptors (Lipinski definition) is 6. The summed E-state index contributed by atoms with van der Waals surface area (Å²) in [6.07, 6.45) is 3.12. The number of amides is 4. The van der Waals surface area contributed by atoms with E-state index in [0.29, 0.717) is 57.8 Å². The van der Waals surface area contributed by atoms with Crippen LogP contribution in [0.5, 0.6) is 0 Å². The van der Waals surface area contributed by atoms with Gasteiger partial charge in [-0.05, 0) is 69.6 Å². The number of rotatable bonds is 7. The van der Waals surface area contributed by atoms with Crippen LogP contribution in [-0.2, 0) is 16.0 Å². The van der Waals surface area contributed by atoms with Crippen LogP contribution in [-0.4, -0.2) is 107 Å². The van der Waals surface area contributed by atoms with Crippen LogP contribution in [0.1, 0.15) is 85.2 Å². The molecule has 2 unspecified atom stereocenters. The molecule has 0 spiro atoms. The van der Waals surface area contributed by atoms with Gasteiger partial charge in [0.2, 0.25) is 11.8 Å². The second-order valence-corrected chi connectivity index (χ2v) is 17.8. The number of benzene rings is 2. The normalized spacial score (nSPS) is 22.9. The smallest absolute Gasteiger partial charge is 0.322 e. The molecular weight excluding hydrogens is 652 g/mol. The zero-order valence-electron chi connectivity index (χ0n) is 30.7. The van der Waals surface area contributed by atoms with Gasteiger partial charge >= 0.3 is 6.03 Å². The Hall–Kier alpha value is -3.31. The second kappa shape index (κ2) is 14.7. The van der Waals surface area contributed by atoms with Gasteiger partial charge in [0.15, 0.2) is 0 Å². The van der Waals surface area contributed by atoms with E-state index in [9.17, 15) is 14.4 Å². The van der Waals surface area contributed by atoms with Gasteiger partial charge in [-0.15, -0.1) is 11.8 Å². The van der Waals surface area contributed by atoms with Gasteiger partial charge in [-0.25, -0.2) is 9.18 Å². The van der Waals surface area contributed by atoms with Crippen molar-refractivity contribution in [2.45, 2.75) is 95.9 Å². The van der Waals surface area contributed by atoms with E-state index in [-0.39, 0.29) is 53.9 Å². The number of fused-ring (bicyclic) bond motifs is 1. The topological polar surface area (TPSA) is 79.4 Å². The Morgan fingerprint density at radius 2 is 1.62 bits per heavy atom. The van der Waals surface area contributed by atoms with E-state index < -0.39 is 5.25 Å². The number of hydrogen-bond donors (Lipinski definition) is 1. The molecule has 2 aromatic carbocycles. The first kappa shape index (κ1) is 36.5. The summed E-state index contributed by atoms with van der Waals surface area (Å²) in [6, 6.07) is 13.1. The van der Waals surface area contributed by atoms with Crippen molar-refractivity contribution in [2.24, 2.45) is 5.41 Å². The van der Waals surface area contributed by atoms with Crippen LogP contribution < -0.4 is 10.2 Å². The number of para-hydroxylation sites is 2. The molecule has 50 heavy (non-hydrogen) atoms. The average molecular weight is 709 g/mol. The summed E-state index contributed by atoms with van der Waals surface area (Å²) >= 11 is 1.50. The van der Waals surface area contributed by atoms with E-state index in [1.54, 1.807) is 6.07 Å². The Bertz CT molecular complexity index is 1560. The molecule has 0 saturated carbocycles. The van der Waals surface area contributed by atoms with Crippen molar-refractivity contribution in [3.63, 3.8) is 0 Å². The van der Waals surface area contributed by atoms with Crippen molar-refractivity contribution in [3.05, 3.63) is 59.4 Å². The molecule has 2 atom stereocenters. The Kier molecular flexibility index (Phi) is 10.8. The highest BCUT2D eigenvalue weighted by Gasteiger charge is 2.45. The largest absolute Gasteiger partial charge is 0.366 e. The molecule has 4 heterocycles. The minimum absolute atomic E-state index is 0. The number of halogens is 1. The van der Waals surface area contributed by atoms with Crippen molar-refractivity contribution in [1.29, 1.82) is 0 Å². The fourth-order valence-electron chi connectivity index (χ4n) is 7.77. The molecule has 4 aliphatic rings. The Morgan fingerprint density at radius 3 is 2.30 bits per heavy atom. The third kappa shape index (κ3) is 8.09. The molecular formula is C39H57FN6O3S. The van der Waals surface area contributed by atoms with Crippen molar-refractivity contribution < 1.29 is 20.2 Å². The van der Waals surface area contributed by atoms with Gasteiger partial charge in [-0.1, -0.05) is 51.1 Å². The van der Waals surface area contributed by atoms with Gasteiger partial charge in [0.05, 0.1) is 10.9 Å². The number of urea groups is 1. The standard InChI is InChI=1S/C39H55FN6O3S.H2/c1-38(2,3)17-21-46-35(48)32(50-36(46)29-11-9-12-30(40)34(29)43-22-24-44(25-23-43)39(4,5)6)26-33(47)42-18-15-28(16-19-42)45-20-14-27-10-7-8-13-31(27)41-37(45)49;/h7-13,28,32,36H,14-26H2,1-6H3,(H,41,49);1H. The molecule has 3 saturated heterocycles. The number of piperidine rings is 1. The third-order valence-corrected chi connectivity index (χ3v) is 12.3. The number of carbonyl (C=O) groups is 3. The number of nitrogens with one attached hydrogen (secondary N) is 1. The van der Waals surface area contributed by atoms with Crippen molar-refractivity contribution in [2.75, 3.05) is 62.6 Å². The van der Waals surface area contributed by atoms with Crippen LogP contribution in [0.25, 0.3) is 0 Å². The quantitative estimate of drug-likeness (QED) is 0.340. The van der Waals surface area contributed by atoms with E-state index in [1.807, 2.05) is 39.0 Å². The van der Waals surface area contributed by atoms with E-state index in [4.69, 9.17) is 0 Å². The first-order chi connectivity index (χ1) is 23.7. The maximum Gasteiger partial charge on any atom is 0.322 e. The van der Waals surface area contributed by atoms with E-state index in [1.165, 1.54) is 17.8 Å². The number of anilines is 2. The van der Waals surface area contributed by atoms with Crippen LogP contribution in [0.15, 0.2) is 42.5 Å². The van der Waals surface area contributed by atoms with Crippen molar-refractivity contribution in [3.8, 4) is 0 Å². The first-order valence-electron chi connectivity index (χ1n) is 18.4. The molecule has 0 radical (unpaired) electrons. The molecule has 0 aromatic heterocycles. The van der Waals surface area contributed by atoms with Gasteiger partial charge in [-0.3, -0.25) is 14.5 Å². The lowest BCUT2D eigenvalue weighted by Crippen LogP contribution is -2.53. The highest BCUT2D eigenvalue weighted by Crippen LogP contribution is 2.48. The lowest BCUT2D eigenvalue weighted by Gasteiger charge is -2.43. The zero-order chi connectivity index (χ0) is 35.8. The maximum absolute atomic E-state index is 15.8. The number of likely N-dealkylation sites (tertiary alicyclic amines) is 1. The minimum atomic E-state index is -0.533. The first-order valence-corrected chi connectivity index (χ1v) is 19.3. The zero-order valence-corrected chi connectivity index (χ0v) is 31.5. The molecule has 4 amide bonds. The number of carbonyl (C=O) groups excluding carboxylic acids is 3. The Morgan fingerprint density at radius 1 is 0.920 bits per heavy atom. The maximum atomic E-state index is 15.8. The van der Waals surface area contributed by atoms with Crippen LogP contribution >= 0.6 is 11.8 Å². The summed E-state index contributed by atoms with van der Waals surface area (Å²) < 4.78 is 15.8. The summed E-state index contributed by atoms with van der Waals surface area (Å²) in [5.41, 5.74) is 3.46.